The molecule has 0 saturated carbocycles. The Morgan fingerprint density at radius 2 is 1.69 bits per heavy atom. The van der Waals surface area contributed by atoms with Crippen molar-refractivity contribution in [1.82, 2.24) is 15.0 Å². The highest BCUT2D eigenvalue weighted by atomic mass is 32.2. The summed E-state index contributed by atoms with van der Waals surface area (Å²) in [5, 5.41) is 9.15. The first kappa shape index (κ1) is 22.6. The van der Waals surface area contributed by atoms with Gasteiger partial charge in [-0.25, -0.2) is 4.68 Å². The number of hydrogen-bond donors (Lipinski definition) is 0. The number of hydrogen-bond acceptors (Lipinski definition) is 6. The van der Waals surface area contributed by atoms with Gasteiger partial charge in [-0.05, 0) is 51.3 Å². The van der Waals surface area contributed by atoms with Crippen LogP contribution in [0, 0.1) is 0 Å². The van der Waals surface area contributed by atoms with Gasteiger partial charge in [0.2, 0.25) is 0 Å². The molecule has 158 valence electrons. The van der Waals surface area contributed by atoms with Crippen molar-refractivity contribution in [2.24, 2.45) is 0 Å². The van der Waals surface area contributed by atoms with E-state index in [0.29, 0.717) is 6.73 Å². The minimum absolute atomic E-state index is 0.335. The zero-order chi connectivity index (χ0) is 21.3. The van der Waals surface area contributed by atoms with E-state index in [1.807, 2.05) is 0 Å². The van der Waals surface area contributed by atoms with Crippen molar-refractivity contribution in [2.75, 3.05) is 6.61 Å². The predicted octanol–water partition coefficient (Wildman–Crippen LogP) is 4.04. The summed E-state index contributed by atoms with van der Waals surface area (Å²) in [7, 11) is -1.43. The SMILES string of the molecule is CC1(C)OB(c2ccc(Sc3cnnn3COCC[Si](C)(C)C)cc2)OC1(C)C. The van der Waals surface area contributed by atoms with Gasteiger partial charge in [-0.2, -0.15) is 0 Å². The van der Waals surface area contributed by atoms with Crippen molar-refractivity contribution in [3.8, 4) is 0 Å². The molecule has 0 N–H and O–H groups in total. The molecule has 2 heterocycles. The van der Waals surface area contributed by atoms with Crippen molar-refractivity contribution in [2.45, 2.75) is 81.2 Å². The van der Waals surface area contributed by atoms with E-state index in [0.717, 1.165) is 28.0 Å². The summed E-state index contributed by atoms with van der Waals surface area (Å²) in [5.74, 6) is 0. The smallest absolute Gasteiger partial charge is 0.399 e. The lowest BCUT2D eigenvalue weighted by atomic mass is 9.79. The maximum Gasteiger partial charge on any atom is 0.494 e. The van der Waals surface area contributed by atoms with Crippen LogP contribution < -0.4 is 5.46 Å². The summed E-state index contributed by atoms with van der Waals surface area (Å²) in [5.41, 5.74) is 0.353. The van der Waals surface area contributed by atoms with E-state index in [-0.39, 0.29) is 18.3 Å². The molecule has 1 aliphatic rings. The number of aromatic nitrogens is 3. The molecule has 9 heteroatoms. The molecule has 1 aromatic carbocycles. The zero-order valence-electron chi connectivity index (χ0n) is 18.6. The molecule has 29 heavy (non-hydrogen) atoms. The van der Waals surface area contributed by atoms with Crippen LogP contribution in [0.15, 0.2) is 40.4 Å². The van der Waals surface area contributed by atoms with Crippen molar-refractivity contribution in [3.05, 3.63) is 30.5 Å². The van der Waals surface area contributed by atoms with Gasteiger partial charge in [0.25, 0.3) is 0 Å². The topological polar surface area (TPSA) is 58.4 Å². The lowest BCUT2D eigenvalue weighted by molar-refractivity contribution is 0.00578. The molecule has 0 unspecified atom stereocenters. The standard InChI is InChI=1S/C20H32BN3O3SSi/c1-19(2)20(3,4)27-21(26-19)16-8-10-17(11-9-16)28-18-14-22-23-24(18)15-25-12-13-29(5,6)7/h8-11,14H,12-13,15H2,1-7H3. The van der Waals surface area contributed by atoms with Crippen LogP contribution in [0.2, 0.25) is 25.7 Å². The van der Waals surface area contributed by atoms with Gasteiger partial charge in [0.15, 0.2) is 0 Å². The number of benzene rings is 1. The molecule has 0 radical (unpaired) electrons. The summed E-state index contributed by atoms with van der Waals surface area (Å²) in [6.45, 7) is 16.5. The van der Waals surface area contributed by atoms with E-state index < -0.39 is 8.07 Å². The Morgan fingerprint density at radius 3 is 2.28 bits per heavy atom. The summed E-state index contributed by atoms with van der Waals surface area (Å²) in [6.07, 6.45) is 1.77. The van der Waals surface area contributed by atoms with Crippen LogP contribution in [0.4, 0.5) is 0 Å². The average molecular weight is 433 g/mol. The molecule has 0 atom stereocenters. The predicted molar refractivity (Wildman–Crippen MR) is 120 cm³/mol. The quantitative estimate of drug-likeness (QED) is 0.463. The highest BCUT2D eigenvalue weighted by Gasteiger charge is 2.51. The fourth-order valence-corrected chi connectivity index (χ4v) is 4.30. The van der Waals surface area contributed by atoms with Gasteiger partial charge in [-0.1, -0.05) is 48.7 Å². The summed E-state index contributed by atoms with van der Waals surface area (Å²) in [6, 6.07) is 9.42. The third kappa shape index (κ3) is 5.73. The van der Waals surface area contributed by atoms with E-state index in [1.54, 1.807) is 22.6 Å². The average Bonchev–Trinajstić information content (AvgIpc) is 3.13. The molecule has 1 aromatic heterocycles. The van der Waals surface area contributed by atoms with Gasteiger partial charge in [0.1, 0.15) is 11.8 Å². The van der Waals surface area contributed by atoms with Crippen molar-refractivity contribution < 1.29 is 14.0 Å². The Labute approximate surface area is 179 Å². The summed E-state index contributed by atoms with van der Waals surface area (Å²) >= 11 is 1.62. The molecule has 0 spiro atoms. The first-order chi connectivity index (χ1) is 13.5. The van der Waals surface area contributed by atoms with Crippen LogP contribution in [-0.2, 0) is 20.8 Å². The first-order valence-corrected chi connectivity index (χ1v) is 14.6. The maximum atomic E-state index is 6.13. The van der Waals surface area contributed by atoms with Gasteiger partial charge < -0.3 is 14.0 Å². The second kappa shape index (κ2) is 8.55. The second-order valence-corrected chi connectivity index (χ2v) is 16.4. The van der Waals surface area contributed by atoms with Crippen molar-refractivity contribution in [3.63, 3.8) is 0 Å². The molecule has 3 rings (SSSR count). The highest BCUT2D eigenvalue weighted by Crippen LogP contribution is 2.36. The van der Waals surface area contributed by atoms with Gasteiger partial charge in [0.05, 0.1) is 17.4 Å². The number of rotatable bonds is 8. The van der Waals surface area contributed by atoms with E-state index in [4.69, 9.17) is 14.0 Å². The monoisotopic (exact) mass is 433 g/mol. The Bertz CT molecular complexity index is 805. The van der Waals surface area contributed by atoms with Gasteiger partial charge in [-0.3, -0.25) is 0 Å². The lowest BCUT2D eigenvalue weighted by Crippen LogP contribution is -2.41. The van der Waals surface area contributed by atoms with Crippen LogP contribution in [0.25, 0.3) is 0 Å². The summed E-state index contributed by atoms with van der Waals surface area (Å²) in [4.78, 5) is 1.11. The van der Waals surface area contributed by atoms with Crippen molar-refractivity contribution in [1.29, 1.82) is 0 Å². The molecule has 0 aliphatic carbocycles. The number of ether oxygens (including phenoxy) is 1. The fourth-order valence-electron chi connectivity index (χ4n) is 2.74. The van der Waals surface area contributed by atoms with E-state index in [9.17, 15) is 0 Å². The van der Waals surface area contributed by atoms with Crippen LogP contribution in [-0.4, -0.2) is 48.0 Å². The molecule has 1 fully saturated rings. The fraction of sp³-hybridized carbons (Fsp3) is 0.600. The normalized spacial score (nSPS) is 18.4. The molecule has 6 nitrogen and oxygen atoms in total. The Balaban J connectivity index is 1.58. The molecule has 1 saturated heterocycles. The molecule has 0 amide bonds. The zero-order valence-corrected chi connectivity index (χ0v) is 20.4. The Kier molecular flexibility index (Phi) is 6.65. The molecule has 2 aromatic rings. The van der Waals surface area contributed by atoms with Crippen LogP contribution >= 0.6 is 11.8 Å². The van der Waals surface area contributed by atoms with Gasteiger partial charge >= 0.3 is 7.12 Å². The van der Waals surface area contributed by atoms with Crippen LogP contribution in [0.5, 0.6) is 0 Å². The van der Waals surface area contributed by atoms with E-state index in [1.165, 1.54) is 0 Å². The third-order valence-electron chi connectivity index (χ3n) is 5.42. The lowest BCUT2D eigenvalue weighted by Gasteiger charge is -2.32. The van der Waals surface area contributed by atoms with Crippen molar-refractivity contribution >= 4 is 32.4 Å². The third-order valence-corrected chi connectivity index (χ3v) is 8.16. The van der Waals surface area contributed by atoms with Crippen LogP contribution in [0.3, 0.4) is 0 Å². The van der Waals surface area contributed by atoms with Gasteiger partial charge in [-0.15, -0.1) is 5.10 Å². The van der Waals surface area contributed by atoms with Crippen LogP contribution in [0.1, 0.15) is 27.7 Å². The molecular formula is C20H32BN3O3SSi. The Morgan fingerprint density at radius 1 is 1.07 bits per heavy atom. The molecule has 0 bridgehead atoms. The van der Waals surface area contributed by atoms with Gasteiger partial charge in [0, 0.05) is 19.6 Å². The number of nitrogens with zero attached hydrogens (tertiary/aromatic N) is 3. The first-order valence-electron chi connectivity index (χ1n) is 10.1. The highest BCUT2D eigenvalue weighted by molar-refractivity contribution is 7.99. The molecular weight excluding hydrogens is 401 g/mol. The van der Waals surface area contributed by atoms with E-state index in [2.05, 4.69) is 81.9 Å². The minimum atomic E-state index is -1.08. The summed E-state index contributed by atoms with van der Waals surface area (Å²) < 4.78 is 19.9. The second-order valence-electron chi connectivity index (χ2n) is 9.68. The van der Waals surface area contributed by atoms with E-state index >= 15 is 0 Å². The minimum Gasteiger partial charge on any atom is -0.399 e. The Hall–Kier alpha value is -1.13. The molecule has 1 aliphatic heterocycles. The largest absolute Gasteiger partial charge is 0.494 e. The maximum absolute atomic E-state index is 6.13.